The van der Waals surface area contributed by atoms with Crippen LogP contribution in [0.1, 0.15) is 20.8 Å². The van der Waals surface area contributed by atoms with Crippen LogP contribution in [0.15, 0.2) is 12.1 Å². The fourth-order valence-electron chi connectivity index (χ4n) is 1.06. The third-order valence-corrected chi connectivity index (χ3v) is 3.31. The summed E-state index contributed by atoms with van der Waals surface area (Å²) in [6.07, 6.45) is 0. The average molecular weight is 273 g/mol. The summed E-state index contributed by atoms with van der Waals surface area (Å²) >= 11 is 0. The minimum atomic E-state index is -3.54. The van der Waals surface area contributed by atoms with E-state index in [4.69, 9.17) is 0 Å². The van der Waals surface area contributed by atoms with E-state index in [9.17, 15) is 8.42 Å². The molecule has 0 aliphatic rings. The molecule has 1 aromatic rings. The monoisotopic (exact) mass is 273 g/mol. The van der Waals surface area contributed by atoms with Crippen molar-refractivity contribution in [1.82, 2.24) is 14.5 Å². The van der Waals surface area contributed by atoms with Crippen molar-refractivity contribution in [2.75, 3.05) is 24.1 Å². The molecule has 0 radical (unpaired) electrons. The van der Waals surface area contributed by atoms with Crippen molar-refractivity contribution in [1.29, 1.82) is 0 Å². The molecule has 1 rings (SSSR count). The average Bonchev–Trinajstić information content (AvgIpc) is 2.18. The summed E-state index contributed by atoms with van der Waals surface area (Å²) in [5.74, 6) is 0.776. The zero-order chi connectivity index (χ0) is 14.0. The van der Waals surface area contributed by atoms with Crippen molar-refractivity contribution in [2.45, 2.75) is 26.3 Å². The molecule has 0 aliphatic heterocycles. The number of rotatable bonds is 4. The highest BCUT2D eigenvalue weighted by Crippen LogP contribution is 2.13. The number of nitrogens with zero attached hydrogens (tertiary/aromatic N) is 3. The third kappa shape index (κ3) is 4.46. The summed E-state index contributed by atoms with van der Waals surface area (Å²) in [5.41, 5.74) is -0.126. The van der Waals surface area contributed by atoms with Gasteiger partial charge in [-0.3, -0.25) is 4.72 Å². The van der Waals surface area contributed by atoms with Gasteiger partial charge in [0.2, 0.25) is 0 Å². The van der Waals surface area contributed by atoms with Gasteiger partial charge < -0.3 is 5.32 Å². The molecule has 0 unspecified atom stereocenters. The largest absolute Gasteiger partial charge is 0.364 e. The van der Waals surface area contributed by atoms with Crippen molar-refractivity contribution < 1.29 is 8.42 Å². The highest BCUT2D eigenvalue weighted by molar-refractivity contribution is 7.90. The van der Waals surface area contributed by atoms with Crippen LogP contribution in [0.25, 0.3) is 0 Å². The van der Waals surface area contributed by atoms with Crippen molar-refractivity contribution in [3.05, 3.63) is 12.1 Å². The van der Waals surface area contributed by atoms with Crippen LogP contribution in [-0.4, -0.2) is 42.6 Å². The first-order valence-corrected chi connectivity index (χ1v) is 6.86. The van der Waals surface area contributed by atoms with E-state index in [1.807, 2.05) is 20.8 Å². The predicted molar refractivity (Wildman–Crippen MR) is 71.6 cm³/mol. The van der Waals surface area contributed by atoms with Gasteiger partial charge in [-0.1, -0.05) is 0 Å². The molecule has 0 aromatic carbocycles. The summed E-state index contributed by atoms with van der Waals surface area (Å²) in [6, 6.07) is 3.23. The van der Waals surface area contributed by atoms with Gasteiger partial charge in [0, 0.05) is 19.6 Å². The highest BCUT2D eigenvalue weighted by atomic mass is 32.2. The summed E-state index contributed by atoms with van der Waals surface area (Å²) < 4.78 is 26.5. The van der Waals surface area contributed by atoms with Gasteiger partial charge >= 0.3 is 10.2 Å². The first-order valence-electron chi connectivity index (χ1n) is 5.42. The second-order valence-corrected chi connectivity index (χ2v) is 6.95. The Balaban J connectivity index is 2.79. The van der Waals surface area contributed by atoms with Gasteiger partial charge in [0.25, 0.3) is 0 Å². The van der Waals surface area contributed by atoms with Crippen molar-refractivity contribution in [2.24, 2.45) is 0 Å². The fourth-order valence-corrected chi connectivity index (χ4v) is 1.62. The molecule has 102 valence electrons. The van der Waals surface area contributed by atoms with Crippen LogP contribution in [0.4, 0.5) is 11.6 Å². The smallest absolute Gasteiger partial charge is 0.302 e. The second kappa shape index (κ2) is 5.07. The highest BCUT2D eigenvalue weighted by Gasteiger charge is 2.14. The van der Waals surface area contributed by atoms with E-state index in [1.54, 1.807) is 12.1 Å². The lowest BCUT2D eigenvalue weighted by Gasteiger charge is -2.20. The molecule has 0 bridgehead atoms. The number of anilines is 2. The van der Waals surface area contributed by atoms with Gasteiger partial charge in [0.1, 0.15) is 5.82 Å². The molecule has 8 heteroatoms. The summed E-state index contributed by atoms with van der Waals surface area (Å²) in [4.78, 5) is 0. The quantitative estimate of drug-likeness (QED) is 0.851. The Morgan fingerprint density at radius 3 is 2.00 bits per heavy atom. The molecule has 0 aliphatic carbocycles. The van der Waals surface area contributed by atoms with Crippen LogP contribution in [0.2, 0.25) is 0 Å². The molecular weight excluding hydrogens is 254 g/mol. The molecule has 0 fully saturated rings. The van der Waals surface area contributed by atoms with E-state index in [0.29, 0.717) is 5.82 Å². The molecule has 0 saturated heterocycles. The number of aromatic nitrogens is 2. The fraction of sp³-hybridized carbons (Fsp3) is 0.600. The Kier molecular flexibility index (Phi) is 4.12. The normalized spacial score (nSPS) is 12.6. The van der Waals surface area contributed by atoms with Crippen molar-refractivity contribution in [3.8, 4) is 0 Å². The summed E-state index contributed by atoms with van der Waals surface area (Å²) in [7, 11) is -0.667. The molecule has 2 N–H and O–H groups in total. The molecule has 0 atom stereocenters. The third-order valence-electron chi connectivity index (χ3n) is 1.88. The van der Waals surface area contributed by atoms with E-state index in [2.05, 4.69) is 20.2 Å². The maximum atomic E-state index is 11.5. The molecule has 0 saturated carbocycles. The maximum Gasteiger partial charge on any atom is 0.302 e. The van der Waals surface area contributed by atoms with Crippen molar-refractivity contribution >= 4 is 21.8 Å². The standard InChI is InChI=1S/C10H19N5O2S/c1-10(2,3)11-8-6-7-9(13-12-8)14-18(16,17)15(4)5/h6-7H,1-5H3,(H,11,12)(H,13,14). The van der Waals surface area contributed by atoms with Gasteiger partial charge in [-0.25, -0.2) is 0 Å². The van der Waals surface area contributed by atoms with Gasteiger partial charge in [0.05, 0.1) is 0 Å². The van der Waals surface area contributed by atoms with Crippen LogP contribution in [0.3, 0.4) is 0 Å². The minimum Gasteiger partial charge on any atom is -0.364 e. The lowest BCUT2D eigenvalue weighted by atomic mass is 10.1. The van der Waals surface area contributed by atoms with Gasteiger partial charge in [-0.05, 0) is 32.9 Å². The van der Waals surface area contributed by atoms with Crippen LogP contribution < -0.4 is 10.0 Å². The molecular formula is C10H19N5O2S. The lowest BCUT2D eigenvalue weighted by molar-refractivity contribution is 0.526. The second-order valence-electron chi connectivity index (χ2n) is 5.07. The number of hydrogen-bond donors (Lipinski definition) is 2. The van der Waals surface area contributed by atoms with E-state index in [-0.39, 0.29) is 11.4 Å². The van der Waals surface area contributed by atoms with E-state index in [1.165, 1.54) is 14.1 Å². The van der Waals surface area contributed by atoms with E-state index < -0.39 is 10.2 Å². The predicted octanol–water partition coefficient (Wildman–Crippen LogP) is 0.905. The van der Waals surface area contributed by atoms with Crippen LogP contribution in [-0.2, 0) is 10.2 Å². The molecule has 18 heavy (non-hydrogen) atoms. The first-order chi connectivity index (χ1) is 8.10. The molecule has 1 aromatic heterocycles. The zero-order valence-electron chi connectivity index (χ0n) is 11.2. The van der Waals surface area contributed by atoms with E-state index in [0.717, 1.165) is 4.31 Å². The van der Waals surface area contributed by atoms with Crippen molar-refractivity contribution in [3.63, 3.8) is 0 Å². The summed E-state index contributed by atoms with van der Waals surface area (Å²) in [6.45, 7) is 5.99. The van der Waals surface area contributed by atoms with E-state index >= 15 is 0 Å². The van der Waals surface area contributed by atoms with Gasteiger partial charge in [-0.15, -0.1) is 10.2 Å². The number of hydrogen-bond acceptors (Lipinski definition) is 5. The SMILES string of the molecule is CN(C)S(=O)(=O)Nc1ccc(NC(C)(C)C)nn1. The van der Waals surface area contributed by atoms with Gasteiger partial charge in [0.15, 0.2) is 5.82 Å². The Morgan fingerprint density at radius 1 is 1.11 bits per heavy atom. The topological polar surface area (TPSA) is 87.2 Å². The van der Waals surface area contributed by atoms with Crippen LogP contribution >= 0.6 is 0 Å². The zero-order valence-corrected chi connectivity index (χ0v) is 12.0. The van der Waals surface area contributed by atoms with Gasteiger partial charge in [-0.2, -0.15) is 12.7 Å². The first kappa shape index (κ1) is 14.7. The van der Waals surface area contributed by atoms with Crippen LogP contribution in [0, 0.1) is 0 Å². The lowest BCUT2D eigenvalue weighted by Crippen LogP contribution is -2.29. The Morgan fingerprint density at radius 2 is 1.61 bits per heavy atom. The maximum absolute atomic E-state index is 11.5. The summed E-state index contributed by atoms with van der Waals surface area (Å²) in [5, 5.41) is 10.8. The Bertz CT molecular complexity index is 490. The van der Waals surface area contributed by atoms with Crippen LogP contribution in [0.5, 0.6) is 0 Å². The molecule has 7 nitrogen and oxygen atoms in total. The Labute approximate surface area is 108 Å². The molecule has 0 spiro atoms. The molecule has 0 amide bonds. The molecule has 1 heterocycles. The minimum absolute atomic E-state index is 0.126. The Hall–Kier alpha value is -1.41. The number of nitrogens with one attached hydrogen (secondary N) is 2.